The van der Waals surface area contributed by atoms with E-state index >= 15 is 0 Å². The Kier molecular flexibility index (Phi) is 3.96. The summed E-state index contributed by atoms with van der Waals surface area (Å²) in [5, 5.41) is 8.10. The van der Waals surface area contributed by atoms with Gasteiger partial charge in [-0.2, -0.15) is 5.10 Å². The molecule has 2 heterocycles. The number of benzene rings is 1. The zero-order valence-corrected chi connectivity index (χ0v) is 12.7. The van der Waals surface area contributed by atoms with Gasteiger partial charge in [-0.25, -0.2) is 0 Å². The predicted octanol–water partition coefficient (Wildman–Crippen LogP) is 2.19. The highest BCUT2D eigenvalue weighted by atomic mass is 32.2. The molecular formula is C15H17N3O2S. The van der Waals surface area contributed by atoms with Crippen molar-refractivity contribution in [2.24, 2.45) is 5.92 Å². The number of H-pyrrole nitrogens is 1. The summed E-state index contributed by atoms with van der Waals surface area (Å²) in [5.41, 5.74) is 2.11. The zero-order chi connectivity index (χ0) is 14.8. The number of hydrogen-bond acceptors (Lipinski definition) is 4. The molecule has 1 amide bonds. The summed E-state index contributed by atoms with van der Waals surface area (Å²) in [6.07, 6.45) is 2.34. The van der Waals surface area contributed by atoms with Crippen molar-refractivity contribution in [1.29, 1.82) is 0 Å². The highest BCUT2D eigenvalue weighted by Gasteiger charge is 2.29. The first-order valence-corrected chi connectivity index (χ1v) is 7.93. The van der Waals surface area contributed by atoms with Gasteiger partial charge in [0.15, 0.2) is 5.12 Å². The molecule has 21 heavy (non-hydrogen) atoms. The topological polar surface area (TPSA) is 66.1 Å². The first kappa shape index (κ1) is 14.1. The third-order valence-corrected chi connectivity index (χ3v) is 4.74. The maximum absolute atomic E-state index is 12.1. The fourth-order valence-corrected chi connectivity index (χ4v) is 3.36. The maximum atomic E-state index is 12.1. The smallest absolute Gasteiger partial charge is 0.223 e. The summed E-state index contributed by atoms with van der Waals surface area (Å²) < 4.78 is 0. The Morgan fingerprint density at radius 2 is 2.38 bits per heavy atom. The third kappa shape index (κ3) is 3.26. The number of amides is 1. The van der Waals surface area contributed by atoms with Crippen molar-refractivity contribution in [2.75, 3.05) is 12.3 Å². The minimum Gasteiger partial charge on any atom is -0.338 e. The molecule has 5 nitrogen and oxygen atoms in total. The quantitative estimate of drug-likeness (QED) is 0.940. The van der Waals surface area contributed by atoms with E-state index < -0.39 is 0 Å². The minimum atomic E-state index is 0.117. The molecule has 0 bridgehead atoms. The molecule has 1 aliphatic heterocycles. The number of aromatic amines is 1. The molecule has 0 radical (unpaired) electrons. The van der Waals surface area contributed by atoms with Gasteiger partial charge >= 0.3 is 0 Å². The molecule has 2 aromatic rings. The number of thioether (sulfide) groups is 1. The van der Waals surface area contributed by atoms with E-state index in [2.05, 4.69) is 16.3 Å². The number of carbonyl (C=O) groups is 2. The molecule has 1 N–H and O–H groups in total. The molecule has 0 aliphatic carbocycles. The summed E-state index contributed by atoms with van der Waals surface area (Å²) in [6.45, 7) is 2.93. The highest BCUT2D eigenvalue weighted by molar-refractivity contribution is 8.13. The molecule has 6 heteroatoms. The number of nitrogens with zero attached hydrogens (tertiary/aromatic N) is 2. The van der Waals surface area contributed by atoms with Gasteiger partial charge in [0.2, 0.25) is 5.91 Å². The lowest BCUT2D eigenvalue weighted by molar-refractivity contribution is -0.128. The monoisotopic (exact) mass is 303 g/mol. The second kappa shape index (κ2) is 5.89. The Bertz CT molecular complexity index is 682. The molecule has 1 aromatic carbocycles. The van der Waals surface area contributed by atoms with Crippen molar-refractivity contribution in [1.82, 2.24) is 15.1 Å². The first-order chi connectivity index (χ1) is 10.1. The van der Waals surface area contributed by atoms with Gasteiger partial charge in [-0.3, -0.25) is 14.7 Å². The van der Waals surface area contributed by atoms with Gasteiger partial charge in [-0.1, -0.05) is 17.8 Å². The Morgan fingerprint density at radius 3 is 3.19 bits per heavy atom. The zero-order valence-electron chi connectivity index (χ0n) is 11.8. The second-order valence-electron chi connectivity index (χ2n) is 5.44. The SMILES string of the molecule is CC(=O)SCC1CC(=O)N(Cc2ccc3[nH]ncc3c2)C1. The van der Waals surface area contributed by atoms with Crippen LogP contribution < -0.4 is 0 Å². The van der Waals surface area contributed by atoms with Crippen LogP contribution in [0.5, 0.6) is 0 Å². The molecule has 3 rings (SSSR count). The van der Waals surface area contributed by atoms with E-state index in [-0.39, 0.29) is 16.9 Å². The van der Waals surface area contributed by atoms with E-state index in [0.29, 0.717) is 13.0 Å². The molecular weight excluding hydrogens is 286 g/mol. The van der Waals surface area contributed by atoms with Crippen molar-refractivity contribution in [2.45, 2.75) is 19.9 Å². The molecule has 1 aliphatic rings. The van der Waals surface area contributed by atoms with Gasteiger partial charge in [0.05, 0.1) is 11.7 Å². The molecule has 0 saturated carbocycles. The average Bonchev–Trinajstić information content (AvgIpc) is 3.03. The fourth-order valence-electron chi connectivity index (χ4n) is 2.66. The van der Waals surface area contributed by atoms with Crippen LogP contribution in [0.1, 0.15) is 18.9 Å². The van der Waals surface area contributed by atoms with Crippen LogP contribution in [0.25, 0.3) is 10.9 Å². The Morgan fingerprint density at radius 1 is 1.52 bits per heavy atom. The first-order valence-electron chi connectivity index (χ1n) is 6.95. The number of carbonyl (C=O) groups excluding carboxylic acids is 2. The lowest BCUT2D eigenvalue weighted by Gasteiger charge is -2.16. The van der Waals surface area contributed by atoms with E-state index in [1.165, 1.54) is 11.8 Å². The Hall–Kier alpha value is -1.82. The number of fused-ring (bicyclic) bond motifs is 1. The average molecular weight is 303 g/mol. The van der Waals surface area contributed by atoms with E-state index in [1.54, 1.807) is 13.1 Å². The van der Waals surface area contributed by atoms with Gasteiger partial charge in [0.1, 0.15) is 0 Å². The summed E-state index contributed by atoms with van der Waals surface area (Å²) in [5.74, 6) is 1.19. The lowest BCUT2D eigenvalue weighted by atomic mass is 10.1. The summed E-state index contributed by atoms with van der Waals surface area (Å²) in [4.78, 5) is 25.0. The van der Waals surface area contributed by atoms with Gasteiger partial charge in [0, 0.05) is 37.6 Å². The predicted molar refractivity (Wildman–Crippen MR) is 82.8 cm³/mol. The van der Waals surface area contributed by atoms with Crippen LogP contribution in [-0.2, 0) is 16.1 Å². The van der Waals surface area contributed by atoms with Crippen LogP contribution in [-0.4, -0.2) is 38.4 Å². The van der Waals surface area contributed by atoms with E-state index in [4.69, 9.17) is 0 Å². The third-order valence-electron chi connectivity index (χ3n) is 3.69. The van der Waals surface area contributed by atoms with Gasteiger partial charge < -0.3 is 4.90 Å². The summed E-state index contributed by atoms with van der Waals surface area (Å²) >= 11 is 1.31. The van der Waals surface area contributed by atoms with Crippen LogP contribution in [0, 0.1) is 5.92 Å². The fraction of sp³-hybridized carbons (Fsp3) is 0.400. The van der Waals surface area contributed by atoms with Crippen LogP contribution >= 0.6 is 11.8 Å². The molecule has 1 unspecified atom stereocenters. The molecule has 1 atom stereocenters. The number of nitrogens with one attached hydrogen (secondary N) is 1. The van der Waals surface area contributed by atoms with Gasteiger partial charge in [0.25, 0.3) is 0 Å². The number of aromatic nitrogens is 2. The van der Waals surface area contributed by atoms with Crippen LogP contribution in [0.2, 0.25) is 0 Å². The summed E-state index contributed by atoms with van der Waals surface area (Å²) in [6, 6.07) is 6.07. The number of hydrogen-bond donors (Lipinski definition) is 1. The van der Waals surface area contributed by atoms with E-state index in [0.717, 1.165) is 28.8 Å². The minimum absolute atomic E-state index is 0.117. The van der Waals surface area contributed by atoms with Gasteiger partial charge in [-0.15, -0.1) is 0 Å². The number of likely N-dealkylation sites (tertiary alicyclic amines) is 1. The van der Waals surface area contributed by atoms with Crippen molar-refractivity contribution in [3.63, 3.8) is 0 Å². The molecule has 1 fully saturated rings. The largest absolute Gasteiger partial charge is 0.338 e. The van der Waals surface area contributed by atoms with Crippen molar-refractivity contribution in [3.05, 3.63) is 30.0 Å². The lowest BCUT2D eigenvalue weighted by Crippen LogP contribution is -2.24. The molecule has 0 spiro atoms. The number of rotatable bonds is 4. The van der Waals surface area contributed by atoms with Gasteiger partial charge in [-0.05, 0) is 23.6 Å². The molecule has 110 valence electrons. The van der Waals surface area contributed by atoms with Crippen LogP contribution in [0.15, 0.2) is 24.4 Å². The maximum Gasteiger partial charge on any atom is 0.223 e. The Balaban J connectivity index is 1.64. The second-order valence-corrected chi connectivity index (χ2v) is 6.64. The molecule has 1 saturated heterocycles. The van der Waals surface area contributed by atoms with Crippen molar-refractivity contribution < 1.29 is 9.59 Å². The van der Waals surface area contributed by atoms with E-state index in [9.17, 15) is 9.59 Å². The van der Waals surface area contributed by atoms with Crippen LogP contribution in [0.4, 0.5) is 0 Å². The highest BCUT2D eigenvalue weighted by Crippen LogP contribution is 2.24. The standard InChI is InChI=1S/C15H17N3O2S/c1-10(19)21-9-12-5-15(20)18(8-12)7-11-2-3-14-13(4-11)6-16-17-14/h2-4,6,12H,5,7-9H2,1H3,(H,16,17). The molecule has 1 aromatic heterocycles. The van der Waals surface area contributed by atoms with Crippen molar-refractivity contribution >= 4 is 33.7 Å². The van der Waals surface area contributed by atoms with Crippen LogP contribution in [0.3, 0.4) is 0 Å². The van der Waals surface area contributed by atoms with E-state index in [1.807, 2.05) is 17.0 Å². The van der Waals surface area contributed by atoms with Crippen molar-refractivity contribution in [3.8, 4) is 0 Å². The normalized spacial score (nSPS) is 18.6. The Labute approximate surface area is 127 Å². The summed E-state index contributed by atoms with van der Waals surface area (Å²) in [7, 11) is 0.